The van der Waals surface area contributed by atoms with Gasteiger partial charge in [0.15, 0.2) is 0 Å². The standard InChI is InChI=1S/C17H24O4/c1-6-20-15(18)13-9-7-8-10-14(13)16(19)21-12(2)11-17(3,4)5/h7-10,12H,6,11H2,1-5H3. The van der Waals surface area contributed by atoms with Gasteiger partial charge in [-0.2, -0.15) is 0 Å². The van der Waals surface area contributed by atoms with Crippen LogP contribution in [0.4, 0.5) is 0 Å². The minimum atomic E-state index is -0.506. The van der Waals surface area contributed by atoms with Gasteiger partial charge in [0.25, 0.3) is 0 Å². The van der Waals surface area contributed by atoms with E-state index in [-0.39, 0.29) is 29.3 Å². The fraction of sp³-hybridized carbons (Fsp3) is 0.529. The van der Waals surface area contributed by atoms with Crippen molar-refractivity contribution in [3.63, 3.8) is 0 Å². The highest BCUT2D eigenvalue weighted by molar-refractivity contribution is 6.03. The zero-order chi connectivity index (χ0) is 16.0. The van der Waals surface area contributed by atoms with Gasteiger partial charge in [0, 0.05) is 0 Å². The molecular formula is C17H24O4. The van der Waals surface area contributed by atoms with E-state index >= 15 is 0 Å². The lowest BCUT2D eigenvalue weighted by molar-refractivity contribution is 0.0245. The molecule has 21 heavy (non-hydrogen) atoms. The number of hydrogen-bond acceptors (Lipinski definition) is 4. The molecule has 116 valence electrons. The number of carbonyl (C=O) groups is 2. The Morgan fingerprint density at radius 1 is 1.10 bits per heavy atom. The number of benzene rings is 1. The first kappa shape index (κ1) is 17.2. The molecule has 0 fully saturated rings. The number of carbonyl (C=O) groups excluding carboxylic acids is 2. The summed E-state index contributed by atoms with van der Waals surface area (Å²) in [4.78, 5) is 24.1. The molecule has 0 bridgehead atoms. The number of ether oxygens (including phenoxy) is 2. The molecule has 0 aliphatic carbocycles. The second-order valence-electron chi connectivity index (χ2n) is 6.25. The summed E-state index contributed by atoms with van der Waals surface area (Å²) in [5, 5.41) is 0. The summed E-state index contributed by atoms with van der Waals surface area (Å²) in [6, 6.07) is 6.55. The van der Waals surface area contributed by atoms with Crippen molar-refractivity contribution >= 4 is 11.9 Å². The highest BCUT2D eigenvalue weighted by Crippen LogP contribution is 2.23. The minimum Gasteiger partial charge on any atom is -0.462 e. The van der Waals surface area contributed by atoms with Crippen molar-refractivity contribution in [2.45, 2.75) is 47.1 Å². The molecule has 4 nitrogen and oxygen atoms in total. The van der Waals surface area contributed by atoms with Crippen LogP contribution in [0.5, 0.6) is 0 Å². The van der Waals surface area contributed by atoms with Gasteiger partial charge in [-0.1, -0.05) is 32.9 Å². The quantitative estimate of drug-likeness (QED) is 0.774. The van der Waals surface area contributed by atoms with Crippen LogP contribution in [0.3, 0.4) is 0 Å². The highest BCUT2D eigenvalue weighted by Gasteiger charge is 2.22. The summed E-state index contributed by atoms with van der Waals surface area (Å²) in [6.07, 6.45) is 0.535. The topological polar surface area (TPSA) is 52.6 Å². The van der Waals surface area contributed by atoms with Crippen molar-refractivity contribution in [1.29, 1.82) is 0 Å². The van der Waals surface area contributed by atoms with E-state index in [9.17, 15) is 9.59 Å². The smallest absolute Gasteiger partial charge is 0.339 e. The molecule has 0 saturated heterocycles. The zero-order valence-corrected chi connectivity index (χ0v) is 13.4. The lowest BCUT2D eigenvalue weighted by Crippen LogP contribution is -2.22. The lowest BCUT2D eigenvalue weighted by Gasteiger charge is -2.23. The molecule has 0 aliphatic rings. The van der Waals surface area contributed by atoms with Crippen LogP contribution in [-0.4, -0.2) is 24.6 Å². The molecule has 4 heteroatoms. The second kappa shape index (κ2) is 7.25. The molecule has 1 aromatic carbocycles. The SMILES string of the molecule is CCOC(=O)c1ccccc1C(=O)OC(C)CC(C)(C)C. The Hall–Kier alpha value is -1.84. The van der Waals surface area contributed by atoms with Gasteiger partial charge in [-0.3, -0.25) is 0 Å². The summed E-state index contributed by atoms with van der Waals surface area (Å²) in [5.74, 6) is -0.996. The van der Waals surface area contributed by atoms with E-state index in [0.717, 1.165) is 6.42 Å². The monoisotopic (exact) mass is 292 g/mol. The average molecular weight is 292 g/mol. The molecule has 0 radical (unpaired) electrons. The van der Waals surface area contributed by atoms with Gasteiger partial charge in [-0.25, -0.2) is 9.59 Å². The summed E-state index contributed by atoms with van der Waals surface area (Å²) in [7, 11) is 0. The number of esters is 2. The maximum Gasteiger partial charge on any atom is 0.339 e. The minimum absolute atomic E-state index is 0.0698. The van der Waals surface area contributed by atoms with Crippen molar-refractivity contribution in [3.8, 4) is 0 Å². The van der Waals surface area contributed by atoms with Gasteiger partial charge in [0.05, 0.1) is 23.8 Å². The van der Waals surface area contributed by atoms with E-state index in [4.69, 9.17) is 9.47 Å². The fourth-order valence-corrected chi connectivity index (χ4v) is 2.20. The normalized spacial score (nSPS) is 12.6. The van der Waals surface area contributed by atoms with E-state index in [1.807, 2.05) is 6.92 Å². The first-order valence-electron chi connectivity index (χ1n) is 7.21. The van der Waals surface area contributed by atoms with Crippen LogP contribution in [0.15, 0.2) is 24.3 Å². The molecule has 1 unspecified atom stereocenters. The second-order valence-corrected chi connectivity index (χ2v) is 6.25. The van der Waals surface area contributed by atoms with E-state index in [1.54, 1.807) is 31.2 Å². The number of rotatable bonds is 5. The molecule has 1 aromatic rings. The molecule has 1 atom stereocenters. The van der Waals surface area contributed by atoms with Crippen molar-refractivity contribution in [3.05, 3.63) is 35.4 Å². The lowest BCUT2D eigenvalue weighted by atomic mass is 9.90. The van der Waals surface area contributed by atoms with Crippen LogP contribution in [-0.2, 0) is 9.47 Å². The third-order valence-corrected chi connectivity index (χ3v) is 2.85. The van der Waals surface area contributed by atoms with Gasteiger partial charge in [0.2, 0.25) is 0 Å². The van der Waals surface area contributed by atoms with Crippen LogP contribution in [0.1, 0.15) is 61.8 Å². The molecule has 0 spiro atoms. The maximum absolute atomic E-state index is 12.2. The predicted molar refractivity (Wildman–Crippen MR) is 81.3 cm³/mol. The third kappa shape index (κ3) is 5.58. The molecule has 0 saturated carbocycles. The van der Waals surface area contributed by atoms with Crippen molar-refractivity contribution in [2.75, 3.05) is 6.61 Å². The maximum atomic E-state index is 12.2. The fourth-order valence-electron chi connectivity index (χ4n) is 2.20. The van der Waals surface area contributed by atoms with Crippen LogP contribution in [0, 0.1) is 5.41 Å². The Balaban J connectivity index is 2.85. The average Bonchev–Trinajstić information content (AvgIpc) is 2.36. The van der Waals surface area contributed by atoms with Crippen LogP contribution in [0.25, 0.3) is 0 Å². The van der Waals surface area contributed by atoms with Gasteiger partial charge in [0.1, 0.15) is 0 Å². The van der Waals surface area contributed by atoms with Crippen LogP contribution in [0.2, 0.25) is 0 Å². The third-order valence-electron chi connectivity index (χ3n) is 2.85. The highest BCUT2D eigenvalue weighted by atomic mass is 16.5. The molecule has 0 heterocycles. The first-order valence-corrected chi connectivity index (χ1v) is 7.21. The Labute approximate surface area is 126 Å². The summed E-state index contributed by atoms with van der Waals surface area (Å²) < 4.78 is 10.4. The molecule has 0 aliphatic heterocycles. The van der Waals surface area contributed by atoms with Crippen LogP contribution >= 0.6 is 0 Å². The Kier molecular flexibility index (Phi) is 5.94. The summed E-state index contributed by atoms with van der Waals surface area (Å²) in [6.45, 7) is 10.1. The number of hydrogen-bond donors (Lipinski definition) is 0. The Morgan fingerprint density at radius 2 is 1.62 bits per heavy atom. The zero-order valence-electron chi connectivity index (χ0n) is 13.4. The van der Waals surface area contributed by atoms with E-state index in [1.165, 1.54) is 0 Å². The van der Waals surface area contributed by atoms with Gasteiger partial charge in [-0.15, -0.1) is 0 Å². The van der Waals surface area contributed by atoms with E-state index in [2.05, 4.69) is 20.8 Å². The Bertz CT molecular complexity index is 500. The summed E-state index contributed by atoms with van der Waals surface area (Å²) >= 11 is 0. The van der Waals surface area contributed by atoms with Crippen molar-refractivity contribution < 1.29 is 19.1 Å². The molecule has 0 aromatic heterocycles. The Morgan fingerprint density at radius 3 is 2.10 bits per heavy atom. The predicted octanol–water partition coefficient (Wildman–Crippen LogP) is 3.84. The molecule has 0 N–H and O–H groups in total. The molecule has 1 rings (SSSR count). The van der Waals surface area contributed by atoms with Crippen LogP contribution < -0.4 is 0 Å². The largest absolute Gasteiger partial charge is 0.462 e. The molecular weight excluding hydrogens is 268 g/mol. The van der Waals surface area contributed by atoms with Crippen molar-refractivity contribution in [2.24, 2.45) is 5.41 Å². The van der Waals surface area contributed by atoms with E-state index in [0.29, 0.717) is 0 Å². The van der Waals surface area contributed by atoms with E-state index < -0.39 is 11.9 Å². The molecule has 0 amide bonds. The first-order chi connectivity index (χ1) is 9.74. The van der Waals surface area contributed by atoms with Gasteiger partial charge < -0.3 is 9.47 Å². The van der Waals surface area contributed by atoms with Gasteiger partial charge in [-0.05, 0) is 37.8 Å². The summed E-state index contributed by atoms with van der Waals surface area (Å²) in [5.41, 5.74) is 0.560. The van der Waals surface area contributed by atoms with Gasteiger partial charge >= 0.3 is 11.9 Å². The van der Waals surface area contributed by atoms with Crippen molar-refractivity contribution in [1.82, 2.24) is 0 Å².